The van der Waals surface area contributed by atoms with Crippen molar-refractivity contribution >= 4 is 55.1 Å². The third-order valence-electron chi connectivity index (χ3n) is 7.21. The molecule has 11 nitrogen and oxygen atoms in total. The van der Waals surface area contributed by atoms with Gasteiger partial charge in [0.25, 0.3) is 31.9 Å². The van der Waals surface area contributed by atoms with Gasteiger partial charge in [0, 0.05) is 33.4 Å². The molecule has 220 valence electrons. The maximum absolute atomic E-state index is 13.5. The second kappa shape index (κ2) is 9.86. The maximum Gasteiger partial charge on any atom is 0.255 e. The second-order valence-corrected chi connectivity index (χ2v) is 14.2. The van der Waals surface area contributed by atoms with Crippen molar-refractivity contribution in [3.8, 4) is 0 Å². The van der Waals surface area contributed by atoms with Crippen LogP contribution in [0.5, 0.6) is 0 Å². The molecule has 2 atom stereocenters. The number of aliphatic hydroxyl groups is 2. The molecule has 0 bridgehead atoms. The summed E-state index contributed by atoms with van der Waals surface area (Å²) in [5.41, 5.74) is -3.81. The van der Waals surface area contributed by atoms with Crippen molar-refractivity contribution in [1.82, 2.24) is 14.8 Å². The Labute approximate surface area is 255 Å². The van der Waals surface area contributed by atoms with E-state index >= 15 is 0 Å². The number of nitrogens with one attached hydrogen (secondary N) is 3. The topological polar surface area (TPSA) is 179 Å². The van der Waals surface area contributed by atoms with Crippen molar-refractivity contribution in [2.45, 2.75) is 21.2 Å². The van der Waals surface area contributed by atoms with E-state index in [1.807, 2.05) is 0 Å². The highest BCUT2D eigenvalue weighted by Gasteiger charge is 2.45. The van der Waals surface area contributed by atoms with Crippen LogP contribution in [0.1, 0.15) is 43.0 Å². The van der Waals surface area contributed by atoms with Crippen LogP contribution in [0.25, 0.3) is 0 Å². The lowest BCUT2D eigenvalue weighted by atomic mass is 9.94. The number of hydrogen-bond donors (Lipinski definition) is 5. The smallest absolute Gasteiger partial charge is 0.255 e. The number of carbonyl (C=O) groups excluding carboxylic acids is 2. The molecule has 4 aromatic carbocycles. The van der Waals surface area contributed by atoms with E-state index in [2.05, 4.69) is 10.6 Å². The highest BCUT2D eigenvalue weighted by molar-refractivity contribution is 8.04. The van der Waals surface area contributed by atoms with E-state index in [1.165, 1.54) is 36.4 Å². The predicted octanol–water partition coefficient (Wildman–Crippen LogP) is 2.53. The second-order valence-electron chi connectivity index (χ2n) is 9.80. The van der Waals surface area contributed by atoms with Crippen LogP contribution in [0, 0.1) is 0 Å². The first-order valence-corrected chi connectivity index (χ1v) is 16.1. The van der Waals surface area contributed by atoms with Gasteiger partial charge in [0.05, 0.1) is 10.0 Å². The van der Waals surface area contributed by atoms with Crippen LogP contribution < -0.4 is 14.8 Å². The van der Waals surface area contributed by atoms with Crippen LogP contribution >= 0.6 is 23.2 Å². The number of halogens is 2. The molecule has 0 spiro atoms. The summed E-state index contributed by atoms with van der Waals surface area (Å²) in [6.07, 6.45) is 0. The van der Waals surface area contributed by atoms with Crippen molar-refractivity contribution in [1.29, 1.82) is 0 Å². The molecule has 0 aromatic heterocycles. The summed E-state index contributed by atoms with van der Waals surface area (Å²) < 4.78 is 55.4. The van der Waals surface area contributed by atoms with E-state index in [0.29, 0.717) is 0 Å². The van der Waals surface area contributed by atoms with Crippen molar-refractivity contribution in [3.63, 3.8) is 0 Å². The van der Waals surface area contributed by atoms with Crippen LogP contribution in [0.4, 0.5) is 0 Å². The van der Waals surface area contributed by atoms with Crippen LogP contribution in [-0.4, -0.2) is 38.9 Å². The number of benzene rings is 4. The van der Waals surface area contributed by atoms with Crippen molar-refractivity contribution in [2.24, 2.45) is 0 Å². The molecule has 2 amide bonds. The molecule has 2 aliphatic heterocycles. The van der Waals surface area contributed by atoms with Gasteiger partial charge in [-0.25, -0.2) is 16.8 Å². The largest absolute Gasteiger partial charge is 0.363 e. The Hall–Kier alpha value is -3.82. The molecule has 4 aromatic rings. The Morgan fingerprint density at radius 1 is 0.605 bits per heavy atom. The molecule has 15 heteroatoms. The summed E-state index contributed by atoms with van der Waals surface area (Å²) in [4.78, 5) is 23.5. The zero-order valence-electron chi connectivity index (χ0n) is 21.5. The molecule has 0 radical (unpaired) electrons. The standard InChI is InChI=1S/C28H19Cl2N3O8S2/c29-21-11-9-15(27(36)19-7-3-1-5-17(19)25(34)31-27)13-23(21)42(38,39)33-43(40,41)24-14-16(10-12-22(24)30)28(37)20-8-4-2-6-18(20)26(35)32-28/h1-14,33,36-37H,(H,31,34)(H,32,35). The molecule has 0 saturated heterocycles. The van der Waals surface area contributed by atoms with Gasteiger partial charge in [-0.1, -0.05) is 71.7 Å². The first-order valence-electron chi connectivity index (χ1n) is 12.3. The summed E-state index contributed by atoms with van der Waals surface area (Å²) in [5, 5.41) is 26.8. The summed E-state index contributed by atoms with van der Waals surface area (Å²) in [7, 11) is -9.94. The zero-order chi connectivity index (χ0) is 30.9. The van der Waals surface area contributed by atoms with Crippen LogP contribution in [0.2, 0.25) is 10.0 Å². The number of amides is 2. The average Bonchev–Trinajstić information content (AvgIpc) is 3.38. The van der Waals surface area contributed by atoms with Gasteiger partial charge in [-0.05, 0) is 36.4 Å². The summed E-state index contributed by atoms with van der Waals surface area (Å²) in [6.45, 7) is 0. The lowest BCUT2D eigenvalue weighted by Crippen LogP contribution is -2.40. The van der Waals surface area contributed by atoms with Gasteiger partial charge >= 0.3 is 0 Å². The third kappa shape index (κ3) is 4.60. The summed E-state index contributed by atoms with van der Waals surface area (Å²) in [5.74, 6) is -1.20. The van der Waals surface area contributed by atoms with Gasteiger partial charge in [-0.3, -0.25) is 9.59 Å². The highest BCUT2D eigenvalue weighted by Crippen LogP contribution is 2.39. The maximum atomic E-state index is 13.5. The summed E-state index contributed by atoms with van der Waals surface area (Å²) >= 11 is 12.4. The molecule has 2 aliphatic rings. The Bertz CT molecular complexity index is 1960. The molecule has 0 fully saturated rings. The fourth-order valence-corrected chi connectivity index (χ4v) is 9.08. The van der Waals surface area contributed by atoms with Gasteiger partial charge in [0.1, 0.15) is 9.79 Å². The lowest BCUT2D eigenvalue weighted by molar-refractivity contribution is 0.0464. The molecule has 5 N–H and O–H groups in total. The predicted molar refractivity (Wildman–Crippen MR) is 154 cm³/mol. The Morgan fingerprint density at radius 2 is 0.977 bits per heavy atom. The molecule has 2 heterocycles. The van der Waals surface area contributed by atoms with E-state index < -0.39 is 53.1 Å². The first kappa shape index (κ1) is 29.3. The SMILES string of the molecule is O=C1NC(O)(c2ccc(Cl)c(S(=O)(=O)NS(=O)(=O)c3cc(C4(O)NC(=O)c5ccccc54)ccc3Cl)c2)c2ccccc21. The normalized spacial score (nSPS) is 21.2. The number of fused-ring (bicyclic) bond motifs is 2. The average molecular weight is 661 g/mol. The highest BCUT2D eigenvalue weighted by atomic mass is 35.5. The van der Waals surface area contributed by atoms with Gasteiger partial charge in [-0.2, -0.15) is 0 Å². The number of sulfonamides is 2. The quantitative estimate of drug-likeness (QED) is 0.209. The van der Waals surface area contributed by atoms with Crippen molar-refractivity contribution < 1.29 is 36.6 Å². The first-order chi connectivity index (χ1) is 20.2. The number of hydrogen-bond acceptors (Lipinski definition) is 8. The third-order valence-corrected chi connectivity index (χ3v) is 11.7. The minimum Gasteiger partial charge on any atom is -0.363 e. The molecular formula is C28H19Cl2N3O8S2. The lowest BCUT2D eigenvalue weighted by Gasteiger charge is -2.25. The van der Waals surface area contributed by atoms with E-state index in [4.69, 9.17) is 23.2 Å². The number of carbonyl (C=O) groups is 2. The minimum atomic E-state index is -4.97. The van der Waals surface area contributed by atoms with E-state index in [1.54, 1.807) is 28.4 Å². The Morgan fingerprint density at radius 3 is 1.37 bits per heavy atom. The number of rotatable bonds is 6. The molecular weight excluding hydrogens is 641 g/mol. The van der Waals surface area contributed by atoms with Crippen LogP contribution in [0.3, 0.4) is 0 Å². The zero-order valence-corrected chi connectivity index (χ0v) is 24.6. The molecule has 2 unspecified atom stereocenters. The molecule has 0 aliphatic carbocycles. The fourth-order valence-electron chi connectivity index (χ4n) is 5.15. The minimum absolute atomic E-state index is 0.106. The Kier molecular flexibility index (Phi) is 6.71. The van der Waals surface area contributed by atoms with Gasteiger partial charge in [-0.15, -0.1) is 4.13 Å². The molecule has 6 rings (SSSR count). The van der Waals surface area contributed by atoms with Crippen molar-refractivity contribution in [3.05, 3.63) is 128 Å². The van der Waals surface area contributed by atoms with Crippen LogP contribution in [0.15, 0.2) is 94.7 Å². The van der Waals surface area contributed by atoms with Crippen molar-refractivity contribution in [2.75, 3.05) is 0 Å². The molecule has 0 saturated carbocycles. The van der Waals surface area contributed by atoms with Gasteiger partial charge in [0.15, 0.2) is 11.4 Å². The fraction of sp³-hybridized carbons (Fsp3) is 0.0714. The van der Waals surface area contributed by atoms with Gasteiger partial charge < -0.3 is 20.8 Å². The van der Waals surface area contributed by atoms with Crippen LogP contribution in [-0.2, 0) is 31.5 Å². The summed E-state index contributed by atoms with van der Waals surface area (Å²) in [6, 6.07) is 19.0. The van der Waals surface area contributed by atoms with E-state index in [9.17, 15) is 36.6 Å². The molecule has 43 heavy (non-hydrogen) atoms. The van der Waals surface area contributed by atoms with E-state index in [0.717, 1.165) is 24.3 Å². The van der Waals surface area contributed by atoms with Gasteiger partial charge in [0.2, 0.25) is 0 Å². The Balaban J connectivity index is 1.38. The van der Waals surface area contributed by atoms with E-state index in [-0.39, 0.29) is 43.4 Å². The monoisotopic (exact) mass is 659 g/mol.